The van der Waals surface area contributed by atoms with Crippen molar-refractivity contribution in [1.29, 1.82) is 0 Å². The number of benzene rings is 1. The first-order valence-corrected chi connectivity index (χ1v) is 5.82. The average Bonchev–Trinajstić information content (AvgIpc) is 2.27. The number of hydrogen-bond acceptors (Lipinski definition) is 2. The quantitative estimate of drug-likeness (QED) is 0.747. The molecule has 0 spiro atoms. The predicted molar refractivity (Wildman–Crippen MR) is 66.5 cm³/mol. The molecule has 0 heterocycles. The first-order valence-electron chi connectivity index (χ1n) is 5.44. The highest BCUT2D eigenvalue weighted by atomic mass is 35.5. The highest BCUT2D eigenvalue weighted by molar-refractivity contribution is 6.30. The molecule has 0 saturated carbocycles. The van der Waals surface area contributed by atoms with E-state index in [9.17, 15) is 4.79 Å². The van der Waals surface area contributed by atoms with E-state index in [2.05, 4.69) is 10.6 Å². The van der Waals surface area contributed by atoms with E-state index >= 15 is 0 Å². The summed E-state index contributed by atoms with van der Waals surface area (Å²) in [4.78, 5) is 11.1. The third kappa shape index (κ3) is 5.14. The lowest BCUT2D eigenvalue weighted by Gasteiger charge is -2.05. The van der Waals surface area contributed by atoms with Crippen LogP contribution in [0.3, 0.4) is 0 Å². The molecular formula is C12H17ClN2O. The summed E-state index contributed by atoms with van der Waals surface area (Å²) >= 11 is 5.78. The van der Waals surface area contributed by atoms with Crippen molar-refractivity contribution in [3.05, 3.63) is 34.9 Å². The molecule has 0 aliphatic rings. The van der Waals surface area contributed by atoms with E-state index in [-0.39, 0.29) is 5.91 Å². The Morgan fingerprint density at radius 3 is 2.62 bits per heavy atom. The number of hydrogen-bond donors (Lipinski definition) is 2. The van der Waals surface area contributed by atoms with Crippen LogP contribution in [-0.2, 0) is 11.3 Å². The van der Waals surface area contributed by atoms with Crippen molar-refractivity contribution in [1.82, 2.24) is 10.6 Å². The van der Waals surface area contributed by atoms with E-state index < -0.39 is 0 Å². The highest BCUT2D eigenvalue weighted by Gasteiger charge is 1.98. The SMILES string of the molecule is CCNC(=O)CCNCc1ccc(Cl)cc1. The van der Waals surface area contributed by atoms with Gasteiger partial charge in [0.2, 0.25) is 5.91 Å². The van der Waals surface area contributed by atoms with Crippen LogP contribution < -0.4 is 10.6 Å². The van der Waals surface area contributed by atoms with Crippen LogP contribution in [0.4, 0.5) is 0 Å². The molecular weight excluding hydrogens is 224 g/mol. The van der Waals surface area contributed by atoms with Gasteiger partial charge in [-0.05, 0) is 24.6 Å². The van der Waals surface area contributed by atoms with E-state index in [1.165, 1.54) is 5.56 Å². The van der Waals surface area contributed by atoms with Crippen molar-refractivity contribution in [3.63, 3.8) is 0 Å². The van der Waals surface area contributed by atoms with E-state index in [0.717, 1.165) is 11.6 Å². The minimum Gasteiger partial charge on any atom is -0.356 e. The maximum absolute atomic E-state index is 11.1. The summed E-state index contributed by atoms with van der Waals surface area (Å²) in [7, 11) is 0. The van der Waals surface area contributed by atoms with Gasteiger partial charge in [0, 0.05) is 31.1 Å². The lowest BCUT2D eigenvalue weighted by atomic mass is 10.2. The Hall–Kier alpha value is -1.06. The summed E-state index contributed by atoms with van der Waals surface area (Å²) in [5.41, 5.74) is 1.17. The highest BCUT2D eigenvalue weighted by Crippen LogP contribution is 2.08. The molecule has 1 amide bonds. The molecule has 3 nitrogen and oxygen atoms in total. The number of rotatable bonds is 6. The van der Waals surface area contributed by atoms with Crippen LogP contribution in [0.5, 0.6) is 0 Å². The number of amides is 1. The fourth-order valence-electron chi connectivity index (χ4n) is 1.32. The molecule has 88 valence electrons. The Labute approximate surface area is 101 Å². The number of halogens is 1. The molecule has 16 heavy (non-hydrogen) atoms. The summed E-state index contributed by atoms with van der Waals surface area (Å²) in [6.45, 7) is 4.06. The normalized spacial score (nSPS) is 10.1. The summed E-state index contributed by atoms with van der Waals surface area (Å²) in [6.07, 6.45) is 0.515. The van der Waals surface area contributed by atoms with Gasteiger partial charge >= 0.3 is 0 Å². The zero-order valence-electron chi connectivity index (χ0n) is 9.42. The maximum Gasteiger partial charge on any atom is 0.221 e. The number of nitrogens with one attached hydrogen (secondary N) is 2. The third-order valence-corrected chi connectivity index (χ3v) is 2.40. The first-order chi connectivity index (χ1) is 7.72. The summed E-state index contributed by atoms with van der Waals surface area (Å²) in [5.74, 6) is 0.0890. The third-order valence-electron chi connectivity index (χ3n) is 2.15. The van der Waals surface area contributed by atoms with Gasteiger partial charge in [0.1, 0.15) is 0 Å². The maximum atomic E-state index is 11.1. The van der Waals surface area contributed by atoms with Gasteiger partial charge in [-0.2, -0.15) is 0 Å². The number of carbonyl (C=O) groups excluding carboxylic acids is 1. The molecule has 0 aromatic heterocycles. The predicted octanol–water partition coefficient (Wildman–Crippen LogP) is 1.96. The molecule has 2 N–H and O–H groups in total. The molecule has 0 aliphatic heterocycles. The monoisotopic (exact) mass is 240 g/mol. The molecule has 0 radical (unpaired) electrons. The van der Waals surface area contributed by atoms with Crippen molar-refractivity contribution < 1.29 is 4.79 Å². The molecule has 1 rings (SSSR count). The van der Waals surface area contributed by atoms with Gasteiger partial charge in [0.15, 0.2) is 0 Å². The largest absolute Gasteiger partial charge is 0.356 e. The fraction of sp³-hybridized carbons (Fsp3) is 0.417. The van der Waals surface area contributed by atoms with Gasteiger partial charge in [0.25, 0.3) is 0 Å². The smallest absolute Gasteiger partial charge is 0.221 e. The topological polar surface area (TPSA) is 41.1 Å². The Morgan fingerprint density at radius 1 is 1.31 bits per heavy atom. The fourth-order valence-corrected chi connectivity index (χ4v) is 1.45. The Balaban J connectivity index is 2.16. The summed E-state index contributed by atoms with van der Waals surface area (Å²) < 4.78 is 0. The first kappa shape index (κ1) is 13.0. The van der Waals surface area contributed by atoms with Gasteiger partial charge in [-0.1, -0.05) is 23.7 Å². The molecule has 0 aliphatic carbocycles. The zero-order valence-corrected chi connectivity index (χ0v) is 10.2. The van der Waals surface area contributed by atoms with E-state index in [1.54, 1.807) is 0 Å². The standard InChI is InChI=1S/C12H17ClN2O/c1-2-15-12(16)7-8-14-9-10-3-5-11(13)6-4-10/h3-6,14H,2,7-9H2,1H3,(H,15,16). The minimum atomic E-state index is 0.0890. The van der Waals surface area contributed by atoms with Crippen LogP contribution in [0.2, 0.25) is 5.02 Å². The zero-order chi connectivity index (χ0) is 11.8. The van der Waals surface area contributed by atoms with Gasteiger partial charge in [-0.3, -0.25) is 4.79 Å². The van der Waals surface area contributed by atoms with Crippen molar-refractivity contribution in [2.75, 3.05) is 13.1 Å². The lowest BCUT2D eigenvalue weighted by Crippen LogP contribution is -2.27. The summed E-state index contributed by atoms with van der Waals surface area (Å²) in [6, 6.07) is 7.67. The Morgan fingerprint density at radius 2 is 2.00 bits per heavy atom. The minimum absolute atomic E-state index is 0.0890. The number of carbonyl (C=O) groups is 1. The van der Waals surface area contributed by atoms with Gasteiger partial charge in [-0.15, -0.1) is 0 Å². The van der Waals surface area contributed by atoms with Gasteiger partial charge < -0.3 is 10.6 Å². The van der Waals surface area contributed by atoms with E-state index in [1.807, 2.05) is 31.2 Å². The second kappa shape index (κ2) is 7.25. The second-order valence-corrected chi connectivity index (χ2v) is 3.94. The van der Waals surface area contributed by atoms with E-state index in [0.29, 0.717) is 19.5 Å². The molecule has 0 saturated heterocycles. The molecule has 0 unspecified atom stereocenters. The van der Waals surface area contributed by atoms with Crippen LogP contribution >= 0.6 is 11.6 Å². The molecule has 0 bridgehead atoms. The van der Waals surface area contributed by atoms with Crippen molar-refractivity contribution >= 4 is 17.5 Å². The average molecular weight is 241 g/mol. The summed E-state index contributed by atoms with van der Waals surface area (Å²) in [5, 5.41) is 6.70. The molecule has 1 aromatic rings. The van der Waals surface area contributed by atoms with Crippen molar-refractivity contribution in [2.24, 2.45) is 0 Å². The van der Waals surface area contributed by atoms with E-state index in [4.69, 9.17) is 11.6 Å². The van der Waals surface area contributed by atoms with Gasteiger partial charge in [-0.25, -0.2) is 0 Å². The van der Waals surface area contributed by atoms with Crippen LogP contribution in [0, 0.1) is 0 Å². The second-order valence-electron chi connectivity index (χ2n) is 3.51. The van der Waals surface area contributed by atoms with Crippen molar-refractivity contribution in [2.45, 2.75) is 19.9 Å². The van der Waals surface area contributed by atoms with Crippen LogP contribution in [0.1, 0.15) is 18.9 Å². The van der Waals surface area contributed by atoms with Crippen LogP contribution in [0.15, 0.2) is 24.3 Å². The lowest BCUT2D eigenvalue weighted by molar-refractivity contribution is -0.120. The molecule has 4 heteroatoms. The Bertz CT molecular complexity index is 324. The van der Waals surface area contributed by atoms with Crippen LogP contribution in [-0.4, -0.2) is 19.0 Å². The molecule has 0 fully saturated rings. The molecule has 1 aromatic carbocycles. The molecule has 0 atom stereocenters. The Kier molecular flexibility index (Phi) is 5.90. The van der Waals surface area contributed by atoms with Crippen LogP contribution in [0.25, 0.3) is 0 Å². The van der Waals surface area contributed by atoms with Crippen molar-refractivity contribution in [3.8, 4) is 0 Å². The van der Waals surface area contributed by atoms with Gasteiger partial charge in [0.05, 0.1) is 0 Å².